The zero-order chi connectivity index (χ0) is 16.2. The van der Waals surface area contributed by atoms with Crippen LogP contribution in [0.15, 0.2) is 17.5 Å². The highest BCUT2D eigenvalue weighted by atomic mass is 32.2. The molecule has 1 aromatic heterocycles. The van der Waals surface area contributed by atoms with Crippen LogP contribution >= 0.6 is 11.3 Å². The van der Waals surface area contributed by atoms with Gasteiger partial charge in [0.05, 0.1) is 6.04 Å². The van der Waals surface area contributed by atoms with E-state index in [2.05, 4.69) is 5.32 Å². The first-order valence-corrected chi connectivity index (χ1v) is 9.58. The van der Waals surface area contributed by atoms with Crippen LogP contribution in [0.3, 0.4) is 0 Å². The Labute approximate surface area is 135 Å². The van der Waals surface area contributed by atoms with Gasteiger partial charge in [0.1, 0.15) is 0 Å². The number of hydrogen-bond acceptors (Lipinski definition) is 5. The van der Waals surface area contributed by atoms with Crippen molar-refractivity contribution < 1.29 is 13.2 Å². The molecular weight excluding hydrogens is 324 g/mol. The van der Waals surface area contributed by atoms with E-state index < -0.39 is 10.2 Å². The summed E-state index contributed by atoms with van der Waals surface area (Å²) in [4.78, 5) is 15.4. The topological polar surface area (TPSA) is 95.7 Å². The third-order valence-electron chi connectivity index (χ3n) is 3.81. The van der Waals surface area contributed by atoms with Crippen LogP contribution in [0.5, 0.6) is 0 Å². The molecule has 0 radical (unpaired) electrons. The summed E-state index contributed by atoms with van der Waals surface area (Å²) in [6.45, 7) is 4.12. The van der Waals surface area contributed by atoms with Crippen LogP contribution in [0.1, 0.15) is 11.8 Å². The van der Waals surface area contributed by atoms with Gasteiger partial charge in [0.25, 0.3) is 10.2 Å². The maximum absolute atomic E-state index is 12.1. The van der Waals surface area contributed by atoms with Crippen molar-refractivity contribution in [1.29, 1.82) is 0 Å². The molecule has 1 amide bonds. The quantitative estimate of drug-likeness (QED) is 0.734. The van der Waals surface area contributed by atoms with Gasteiger partial charge >= 0.3 is 0 Å². The molecule has 3 N–H and O–H groups in total. The summed E-state index contributed by atoms with van der Waals surface area (Å²) in [5.74, 6) is -0.0272. The predicted molar refractivity (Wildman–Crippen MR) is 86.7 cm³/mol. The number of amides is 1. The van der Waals surface area contributed by atoms with Gasteiger partial charge in [-0.3, -0.25) is 9.69 Å². The summed E-state index contributed by atoms with van der Waals surface area (Å²) in [7, 11) is -3.63. The Morgan fingerprint density at radius 3 is 2.64 bits per heavy atom. The number of carbonyl (C=O) groups is 1. The van der Waals surface area contributed by atoms with Crippen molar-refractivity contribution in [2.24, 2.45) is 5.14 Å². The normalized spacial score (nSPS) is 19.0. The molecule has 1 aliphatic heterocycles. The number of nitrogens with one attached hydrogen (secondary N) is 1. The van der Waals surface area contributed by atoms with Crippen molar-refractivity contribution in [2.75, 3.05) is 32.7 Å². The van der Waals surface area contributed by atoms with Crippen molar-refractivity contribution in [3.8, 4) is 0 Å². The van der Waals surface area contributed by atoms with Crippen LogP contribution in [0.4, 0.5) is 0 Å². The Hall–Kier alpha value is -1.00. The minimum absolute atomic E-state index is 0.0272. The molecule has 7 nitrogen and oxygen atoms in total. The molecule has 0 saturated carbocycles. The smallest absolute Gasteiger partial charge is 0.276 e. The highest BCUT2D eigenvalue weighted by Gasteiger charge is 2.28. The van der Waals surface area contributed by atoms with Crippen LogP contribution in [0.2, 0.25) is 0 Å². The van der Waals surface area contributed by atoms with Gasteiger partial charge in [0.2, 0.25) is 5.91 Å². The molecule has 124 valence electrons. The van der Waals surface area contributed by atoms with E-state index in [1.165, 1.54) is 9.18 Å². The van der Waals surface area contributed by atoms with E-state index >= 15 is 0 Å². The molecule has 0 aliphatic carbocycles. The monoisotopic (exact) mass is 346 g/mol. The summed E-state index contributed by atoms with van der Waals surface area (Å²) in [6, 6.07) is 3.77. The first-order chi connectivity index (χ1) is 10.4. The molecule has 1 fully saturated rings. The number of nitrogens with two attached hydrogens (primary N) is 1. The summed E-state index contributed by atoms with van der Waals surface area (Å²) in [5, 5.41) is 10.1. The first kappa shape index (κ1) is 17.4. The molecular formula is C13H22N4O3S2. The van der Waals surface area contributed by atoms with Crippen LogP contribution in [-0.2, 0) is 21.4 Å². The molecule has 1 aliphatic rings. The summed E-state index contributed by atoms with van der Waals surface area (Å²) in [5.41, 5.74) is 0. The first-order valence-electron chi connectivity index (χ1n) is 7.20. The van der Waals surface area contributed by atoms with Crippen molar-refractivity contribution in [1.82, 2.24) is 14.5 Å². The van der Waals surface area contributed by atoms with E-state index in [1.54, 1.807) is 11.3 Å². The lowest BCUT2D eigenvalue weighted by molar-refractivity contribution is -0.126. The van der Waals surface area contributed by atoms with Crippen molar-refractivity contribution in [3.63, 3.8) is 0 Å². The lowest BCUT2D eigenvalue weighted by Gasteiger charge is -2.35. The Kier molecular flexibility index (Phi) is 5.93. The van der Waals surface area contributed by atoms with Crippen LogP contribution in [-0.4, -0.2) is 62.3 Å². The highest BCUT2D eigenvalue weighted by Crippen LogP contribution is 2.10. The van der Waals surface area contributed by atoms with E-state index in [0.717, 1.165) is 6.42 Å². The van der Waals surface area contributed by atoms with E-state index in [0.29, 0.717) is 32.7 Å². The fourth-order valence-corrected chi connectivity index (χ4v) is 3.80. The minimum atomic E-state index is -3.63. The predicted octanol–water partition coefficient (Wildman–Crippen LogP) is -0.384. The van der Waals surface area contributed by atoms with Gasteiger partial charge in [-0.15, -0.1) is 11.3 Å². The molecule has 1 saturated heterocycles. The average molecular weight is 346 g/mol. The fourth-order valence-electron chi connectivity index (χ4n) is 2.42. The van der Waals surface area contributed by atoms with Crippen molar-refractivity contribution >= 4 is 27.5 Å². The Balaban J connectivity index is 1.74. The lowest BCUT2D eigenvalue weighted by atomic mass is 10.2. The van der Waals surface area contributed by atoms with E-state index in [1.807, 2.05) is 29.3 Å². The largest absolute Gasteiger partial charge is 0.354 e. The molecule has 9 heteroatoms. The number of hydrogen-bond donors (Lipinski definition) is 2. The standard InChI is InChI=1S/C13H22N4O3S2/c1-11(13(18)15-5-4-12-3-2-10-21-12)16-6-8-17(9-7-16)22(14,19)20/h2-3,10-11H,4-9H2,1H3,(H,15,18)(H2,14,19,20). The molecule has 0 aromatic carbocycles. The van der Waals surface area contributed by atoms with Gasteiger partial charge < -0.3 is 5.32 Å². The molecule has 2 heterocycles. The third-order valence-corrected chi connectivity index (χ3v) is 5.83. The van der Waals surface area contributed by atoms with Gasteiger partial charge in [0.15, 0.2) is 0 Å². The van der Waals surface area contributed by atoms with Crippen molar-refractivity contribution in [3.05, 3.63) is 22.4 Å². The molecule has 0 spiro atoms. The molecule has 2 rings (SSSR count). The Morgan fingerprint density at radius 2 is 2.09 bits per heavy atom. The van der Waals surface area contributed by atoms with Gasteiger partial charge in [-0.05, 0) is 24.8 Å². The molecule has 22 heavy (non-hydrogen) atoms. The number of thiophene rings is 1. The molecule has 0 bridgehead atoms. The molecule has 1 atom stereocenters. The summed E-state index contributed by atoms with van der Waals surface area (Å²) >= 11 is 1.68. The highest BCUT2D eigenvalue weighted by molar-refractivity contribution is 7.86. The SMILES string of the molecule is CC(C(=O)NCCc1cccs1)N1CCN(S(N)(=O)=O)CC1. The summed E-state index contributed by atoms with van der Waals surface area (Å²) < 4.78 is 23.8. The third kappa shape index (κ3) is 4.75. The zero-order valence-corrected chi connectivity index (χ0v) is 14.2. The second-order valence-electron chi connectivity index (χ2n) is 5.28. The van der Waals surface area contributed by atoms with Crippen LogP contribution in [0.25, 0.3) is 0 Å². The number of rotatable bonds is 6. The number of piperazine rings is 1. The Morgan fingerprint density at radius 1 is 1.41 bits per heavy atom. The Bertz CT molecular complexity index is 580. The van der Waals surface area contributed by atoms with Gasteiger partial charge in [-0.1, -0.05) is 6.07 Å². The fraction of sp³-hybridized carbons (Fsp3) is 0.615. The van der Waals surface area contributed by atoms with E-state index in [9.17, 15) is 13.2 Å². The second kappa shape index (κ2) is 7.51. The van der Waals surface area contributed by atoms with Gasteiger partial charge in [0, 0.05) is 37.6 Å². The van der Waals surface area contributed by atoms with E-state index in [-0.39, 0.29) is 11.9 Å². The lowest BCUT2D eigenvalue weighted by Crippen LogP contribution is -2.56. The molecule has 1 unspecified atom stereocenters. The second-order valence-corrected chi connectivity index (χ2v) is 7.85. The van der Waals surface area contributed by atoms with Gasteiger partial charge in [-0.2, -0.15) is 12.7 Å². The number of nitrogens with zero attached hydrogens (tertiary/aromatic N) is 2. The van der Waals surface area contributed by atoms with E-state index in [4.69, 9.17) is 5.14 Å². The molecule has 1 aromatic rings. The zero-order valence-electron chi connectivity index (χ0n) is 12.6. The average Bonchev–Trinajstić information content (AvgIpc) is 2.99. The van der Waals surface area contributed by atoms with Crippen molar-refractivity contribution in [2.45, 2.75) is 19.4 Å². The van der Waals surface area contributed by atoms with Crippen LogP contribution < -0.4 is 10.5 Å². The minimum Gasteiger partial charge on any atom is -0.354 e. The maximum Gasteiger partial charge on any atom is 0.276 e. The number of carbonyl (C=O) groups excluding carboxylic acids is 1. The summed E-state index contributed by atoms with van der Waals surface area (Å²) in [6.07, 6.45) is 0.829. The van der Waals surface area contributed by atoms with Crippen LogP contribution in [0, 0.1) is 0 Å². The van der Waals surface area contributed by atoms with Gasteiger partial charge in [-0.25, -0.2) is 5.14 Å². The maximum atomic E-state index is 12.1.